The first-order valence-corrected chi connectivity index (χ1v) is 17.6. The quantitative estimate of drug-likeness (QED) is 0.0736. The Hall–Kier alpha value is -1.10. The number of nitrogens with zero attached hydrogens (tertiary/aromatic N) is 2. The third-order valence-corrected chi connectivity index (χ3v) is 8.93. The molecule has 0 aliphatic carbocycles. The minimum absolute atomic E-state index is 0.203. The Morgan fingerprint density at radius 2 is 1.18 bits per heavy atom. The Morgan fingerprint density at radius 3 is 1.55 bits per heavy atom. The van der Waals surface area contributed by atoms with Crippen LogP contribution in [0, 0.1) is 0 Å². The molecule has 0 spiro atoms. The molecule has 1 saturated heterocycles. The summed E-state index contributed by atoms with van der Waals surface area (Å²) >= 11 is 0. The molecule has 1 amide bonds. The summed E-state index contributed by atoms with van der Waals surface area (Å²) in [6, 6.07) is 0.899. The largest absolute Gasteiger partial charge is 0.459 e. The lowest BCUT2D eigenvalue weighted by atomic mass is 10.0. The van der Waals surface area contributed by atoms with Crippen molar-refractivity contribution in [1.82, 2.24) is 9.80 Å². The van der Waals surface area contributed by atoms with Gasteiger partial charge in [0.25, 0.3) is 0 Å². The third kappa shape index (κ3) is 18.4. The lowest BCUT2D eigenvalue weighted by Crippen LogP contribution is -2.49. The van der Waals surface area contributed by atoms with Gasteiger partial charge in [-0.15, -0.1) is 0 Å². The first kappa shape index (κ1) is 36.9. The molecule has 1 aliphatic rings. The fourth-order valence-electron chi connectivity index (χ4n) is 6.37. The summed E-state index contributed by atoms with van der Waals surface area (Å²) in [6.07, 6.45) is 28.0. The van der Waals surface area contributed by atoms with Gasteiger partial charge >= 0.3 is 5.97 Å². The summed E-state index contributed by atoms with van der Waals surface area (Å²) in [7, 11) is 0. The van der Waals surface area contributed by atoms with Crippen molar-refractivity contribution in [1.29, 1.82) is 0 Å². The Kier molecular flexibility index (Phi) is 22.6. The summed E-state index contributed by atoms with van der Waals surface area (Å²) in [6.45, 7) is 12.8. The minimum Gasteiger partial charge on any atom is -0.459 e. The van der Waals surface area contributed by atoms with Gasteiger partial charge in [0, 0.05) is 38.5 Å². The van der Waals surface area contributed by atoms with E-state index >= 15 is 0 Å². The van der Waals surface area contributed by atoms with Gasteiger partial charge in [-0.1, -0.05) is 129 Å². The molecular formula is C35H68N2O3. The fourth-order valence-corrected chi connectivity index (χ4v) is 6.37. The standard InChI is InChI=1S/C35H68N2O3/c1-6-8-10-12-14-16-18-20-22-25-31(3)37(32(4)26-23-21-19-17-15-13-11-9-7-2)30-34(40-33(5)38)29-36-28-24-27-35(36)39/h31-32,34H,6-30H2,1-5H3. The highest BCUT2D eigenvalue weighted by Gasteiger charge is 2.29. The predicted octanol–water partition coefficient (Wildman–Crippen LogP) is 9.46. The molecule has 1 heterocycles. The molecule has 0 N–H and O–H groups in total. The molecule has 1 fully saturated rings. The van der Waals surface area contributed by atoms with Gasteiger partial charge in [-0.3, -0.25) is 14.5 Å². The molecular weight excluding hydrogens is 496 g/mol. The second kappa shape index (κ2) is 24.5. The number of unbranched alkanes of at least 4 members (excludes halogenated alkanes) is 16. The van der Waals surface area contributed by atoms with Gasteiger partial charge in [-0.2, -0.15) is 0 Å². The number of likely N-dealkylation sites (tertiary alicyclic amines) is 1. The fraction of sp³-hybridized carbons (Fsp3) is 0.943. The van der Waals surface area contributed by atoms with E-state index in [0.29, 0.717) is 25.0 Å². The number of hydrogen-bond acceptors (Lipinski definition) is 4. The number of rotatable bonds is 27. The molecule has 0 aromatic heterocycles. The van der Waals surface area contributed by atoms with Crippen molar-refractivity contribution in [2.45, 2.75) is 194 Å². The van der Waals surface area contributed by atoms with Crippen molar-refractivity contribution in [3.8, 4) is 0 Å². The monoisotopic (exact) mass is 565 g/mol. The van der Waals surface area contributed by atoms with E-state index in [9.17, 15) is 9.59 Å². The Morgan fingerprint density at radius 1 is 0.750 bits per heavy atom. The lowest BCUT2D eigenvalue weighted by molar-refractivity contribution is -0.150. The Balaban J connectivity index is 2.58. The molecule has 0 radical (unpaired) electrons. The van der Waals surface area contributed by atoms with E-state index in [1.807, 2.05) is 4.90 Å². The molecule has 0 saturated carbocycles. The zero-order valence-corrected chi connectivity index (χ0v) is 27.5. The SMILES string of the molecule is CCCCCCCCCCCC(C)N(CC(CN1CCCC1=O)OC(C)=O)C(C)CCCCCCCCCCC. The van der Waals surface area contributed by atoms with Crippen molar-refractivity contribution in [3.05, 3.63) is 0 Å². The molecule has 5 heteroatoms. The Labute approximate surface area is 249 Å². The van der Waals surface area contributed by atoms with Gasteiger partial charge in [0.05, 0.1) is 6.54 Å². The average Bonchev–Trinajstić information content (AvgIpc) is 3.33. The summed E-state index contributed by atoms with van der Waals surface area (Å²) in [5, 5.41) is 0. The zero-order chi connectivity index (χ0) is 29.4. The maximum Gasteiger partial charge on any atom is 0.303 e. The Bertz CT molecular complexity index is 598. The van der Waals surface area contributed by atoms with Crippen LogP contribution in [-0.2, 0) is 14.3 Å². The zero-order valence-electron chi connectivity index (χ0n) is 27.5. The maximum absolute atomic E-state index is 12.3. The van der Waals surface area contributed by atoms with Gasteiger partial charge in [-0.25, -0.2) is 0 Å². The topological polar surface area (TPSA) is 49.9 Å². The van der Waals surface area contributed by atoms with Crippen LogP contribution < -0.4 is 0 Å². The van der Waals surface area contributed by atoms with Crippen molar-refractivity contribution >= 4 is 11.9 Å². The van der Waals surface area contributed by atoms with Crippen LogP contribution in [-0.4, -0.2) is 59.5 Å². The normalized spacial score (nSPS) is 16.1. The summed E-state index contributed by atoms with van der Waals surface area (Å²) in [4.78, 5) is 28.8. The molecule has 0 bridgehead atoms. The molecule has 3 unspecified atom stereocenters. The number of hydrogen-bond donors (Lipinski definition) is 0. The van der Waals surface area contributed by atoms with Crippen molar-refractivity contribution in [2.75, 3.05) is 19.6 Å². The second-order valence-electron chi connectivity index (χ2n) is 12.8. The number of carbonyl (C=O) groups is 2. The third-order valence-electron chi connectivity index (χ3n) is 8.93. The van der Waals surface area contributed by atoms with Crippen LogP contribution in [0.1, 0.15) is 176 Å². The second-order valence-corrected chi connectivity index (χ2v) is 12.8. The van der Waals surface area contributed by atoms with E-state index in [4.69, 9.17) is 4.74 Å². The van der Waals surface area contributed by atoms with Gasteiger partial charge in [0.1, 0.15) is 6.10 Å². The van der Waals surface area contributed by atoms with Crippen LogP contribution in [0.4, 0.5) is 0 Å². The van der Waals surface area contributed by atoms with Crippen molar-refractivity contribution < 1.29 is 14.3 Å². The highest BCUT2D eigenvalue weighted by Crippen LogP contribution is 2.21. The summed E-state index contributed by atoms with van der Waals surface area (Å²) in [5.74, 6) is -0.0380. The van der Waals surface area contributed by atoms with E-state index in [1.54, 1.807) is 0 Å². The van der Waals surface area contributed by atoms with Gasteiger partial charge in [0.15, 0.2) is 0 Å². The van der Waals surface area contributed by atoms with E-state index in [1.165, 1.54) is 135 Å². The van der Waals surface area contributed by atoms with E-state index in [0.717, 1.165) is 19.5 Å². The number of carbonyl (C=O) groups excluding carboxylic acids is 2. The molecule has 5 nitrogen and oxygen atoms in total. The lowest BCUT2D eigenvalue weighted by Gasteiger charge is -2.38. The van der Waals surface area contributed by atoms with Crippen molar-refractivity contribution in [2.24, 2.45) is 0 Å². The van der Waals surface area contributed by atoms with Crippen LogP contribution in [0.5, 0.6) is 0 Å². The molecule has 3 atom stereocenters. The van der Waals surface area contributed by atoms with Gasteiger partial charge in [-0.05, 0) is 33.1 Å². The maximum atomic E-state index is 12.3. The van der Waals surface area contributed by atoms with Gasteiger partial charge < -0.3 is 9.64 Å². The number of ether oxygens (including phenoxy) is 1. The van der Waals surface area contributed by atoms with Crippen LogP contribution in [0.25, 0.3) is 0 Å². The molecule has 0 aromatic rings. The van der Waals surface area contributed by atoms with Crippen molar-refractivity contribution in [3.63, 3.8) is 0 Å². The van der Waals surface area contributed by atoms with Crippen LogP contribution >= 0.6 is 0 Å². The highest BCUT2D eigenvalue weighted by molar-refractivity contribution is 5.78. The smallest absolute Gasteiger partial charge is 0.303 e. The first-order valence-electron chi connectivity index (χ1n) is 17.6. The molecule has 0 aromatic carbocycles. The summed E-state index contributed by atoms with van der Waals surface area (Å²) in [5.41, 5.74) is 0. The van der Waals surface area contributed by atoms with Gasteiger partial charge in [0.2, 0.25) is 5.91 Å². The first-order chi connectivity index (χ1) is 19.4. The minimum atomic E-state index is -0.254. The van der Waals surface area contributed by atoms with Crippen LogP contribution in [0.15, 0.2) is 0 Å². The highest BCUT2D eigenvalue weighted by atomic mass is 16.5. The van der Waals surface area contributed by atoms with E-state index < -0.39 is 0 Å². The molecule has 1 aliphatic heterocycles. The molecule has 236 valence electrons. The molecule has 40 heavy (non-hydrogen) atoms. The van der Waals surface area contributed by atoms with E-state index in [2.05, 4.69) is 32.6 Å². The summed E-state index contributed by atoms with van der Waals surface area (Å²) < 4.78 is 5.81. The molecule has 1 rings (SSSR count). The van der Waals surface area contributed by atoms with Crippen LogP contribution in [0.3, 0.4) is 0 Å². The number of amides is 1. The van der Waals surface area contributed by atoms with E-state index in [-0.39, 0.29) is 18.0 Å². The number of esters is 1. The predicted molar refractivity (Wildman–Crippen MR) is 171 cm³/mol. The van der Waals surface area contributed by atoms with Crippen LogP contribution in [0.2, 0.25) is 0 Å². The average molecular weight is 565 g/mol.